The van der Waals surface area contributed by atoms with E-state index in [1.165, 1.54) is 18.4 Å². The first kappa shape index (κ1) is 14.8. The average Bonchev–Trinajstić information content (AvgIpc) is 3.10. The van der Waals surface area contributed by atoms with Crippen LogP contribution in [0.3, 0.4) is 0 Å². The lowest BCUT2D eigenvalue weighted by Gasteiger charge is -2.07. The summed E-state index contributed by atoms with van der Waals surface area (Å²) in [5, 5.41) is 5.81. The smallest absolute Gasteiger partial charge is 0.292 e. The summed E-state index contributed by atoms with van der Waals surface area (Å²) in [5.74, 6) is 0.0469. The van der Waals surface area contributed by atoms with E-state index in [1.807, 2.05) is 0 Å². The Morgan fingerprint density at radius 1 is 1.13 bits per heavy atom. The molecule has 3 aromatic rings. The SMILES string of the molecule is O=C(Nc1ccc(NCc2ccc(F)cc2)cn1)c1ccco1. The zero-order valence-electron chi connectivity index (χ0n) is 12.1. The Bertz CT molecular complexity index is 769. The monoisotopic (exact) mass is 311 g/mol. The molecule has 0 spiro atoms. The number of anilines is 2. The molecule has 23 heavy (non-hydrogen) atoms. The molecule has 0 radical (unpaired) electrons. The number of carbonyl (C=O) groups is 1. The molecule has 2 heterocycles. The summed E-state index contributed by atoms with van der Waals surface area (Å²) in [6, 6.07) is 13.0. The average molecular weight is 311 g/mol. The molecule has 2 aromatic heterocycles. The largest absolute Gasteiger partial charge is 0.459 e. The number of pyridine rings is 1. The maximum Gasteiger partial charge on any atom is 0.292 e. The summed E-state index contributed by atoms with van der Waals surface area (Å²) in [5.41, 5.74) is 1.76. The zero-order valence-corrected chi connectivity index (χ0v) is 12.1. The summed E-state index contributed by atoms with van der Waals surface area (Å²) in [6.07, 6.45) is 3.05. The van der Waals surface area contributed by atoms with E-state index in [9.17, 15) is 9.18 Å². The number of rotatable bonds is 5. The summed E-state index contributed by atoms with van der Waals surface area (Å²) in [4.78, 5) is 16.0. The van der Waals surface area contributed by atoms with Crippen LogP contribution in [0.1, 0.15) is 16.1 Å². The van der Waals surface area contributed by atoms with Gasteiger partial charge in [0.25, 0.3) is 5.91 Å². The fraction of sp³-hybridized carbons (Fsp3) is 0.0588. The molecule has 2 N–H and O–H groups in total. The van der Waals surface area contributed by atoms with Crippen LogP contribution >= 0.6 is 0 Å². The quantitative estimate of drug-likeness (QED) is 0.754. The number of benzene rings is 1. The minimum atomic E-state index is -0.352. The highest BCUT2D eigenvalue weighted by atomic mass is 19.1. The van der Waals surface area contributed by atoms with Crippen LogP contribution in [-0.2, 0) is 6.54 Å². The van der Waals surface area contributed by atoms with Crippen molar-refractivity contribution in [2.45, 2.75) is 6.54 Å². The van der Waals surface area contributed by atoms with E-state index in [2.05, 4.69) is 15.6 Å². The van der Waals surface area contributed by atoms with E-state index in [4.69, 9.17) is 4.42 Å². The van der Waals surface area contributed by atoms with Gasteiger partial charge in [0.15, 0.2) is 5.76 Å². The van der Waals surface area contributed by atoms with Gasteiger partial charge in [-0.05, 0) is 42.0 Å². The van der Waals surface area contributed by atoms with Crippen molar-refractivity contribution >= 4 is 17.4 Å². The van der Waals surface area contributed by atoms with Gasteiger partial charge in [-0.15, -0.1) is 0 Å². The Kier molecular flexibility index (Phi) is 4.33. The Morgan fingerprint density at radius 3 is 2.61 bits per heavy atom. The third-order valence-electron chi connectivity index (χ3n) is 3.16. The Hall–Kier alpha value is -3.15. The van der Waals surface area contributed by atoms with Gasteiger partial charge in [0.05, 0.1) is 18.1 Å². The van der Waals surface area contributed by atoms with Crippen LogP contribution in [0.25, 0.3) is 0 Å². The molecule has 116 valence electrons. The van der Waals surface area contributed by atoms with Gasteiger partial charge in [0.1, 0.15) is 11.6 Å². The normalized spacial score (nSPS) is 10.3. The lowest BCUT2D eigenvalue weighted by Crippen LogP contribution is -2.12. The van der Waals surface area contributed by atoms with Crippen LogP contribution in [0.4, 0.5) is 15.9 Å². The van der Waals surface area contributed by atoms with Crippen LogP contribution in [0.5, 0.6) is 0 Å². The van der Waals surface area contributed by atoms with Crippen LogP contribution in [-0.4, -0.2) is 10.9 Å². The van der Waals surface area contributed by atoms with Crippen molar-refractivity contribution in [1.29, 1.82) is 0 Å². The van der Waals surface area contributed by atoms with Gasteiger partial charge < -0.3 is 15.1 Å². The molecule has 0 saturated heterocycles. The van der Waals surface area contributed by atoms with E-state index in [0.717, 1.165) is 11.3 Å². The Labute approximate surface area is 132 Å². The predicted octanol–water partition coefficient (Wildman–Crippen LogP) is 3.68. The number of aromatic nitrogens is 1. The molecule has 1 amide bonds. The van der Waals surface area contributed by atoms with E-state index >= 15 is 0 Å². The minimum absolute atomic E-state index is 0.227. The number of hydrogen-bond donors (Lipinski definition) is 2. The first-order valence-corrected chi connectivity index (χ1v) is 7.00. The van der Waals surface area contributed by atoms with E-state index in [0.29, 0.717) is 12.4 Å². The fourth-order valence-corrected chi connectivity index (χ4v) is 1.96. The molecule has 6 heteroatoms. The van der Waals surface area contributed by atoms with E-state index in [1.54, 1.807) is 42.6 Å². The number of nitrogens with one attached hydrogen (secondary N) is 2. The molecule has 0 fully saturated rings. The van der Waals surface area contributed by atoms with Crippen molar-refractivity contribution in [3.05, 3.63) is 78.1 Å². The summed E-state index contributed by atoms with van der Waals surface area (Å²) >= 11 is 0. The molecular formula is C17H14FN3O2. The van der Waals surface area contributed by atoms with Crippen molar-refractivity contribution in [2.75, 3.05) is 10.6 Å². The Balaban J connectivity index is 1.56. The van der Waals surface area contributed by atoms with Crippen LogP contribution in [0, 0.1) is 5.82 Å². The van der Waals surface area contributed by atoms with Gasteiger partial charge in [-0.25, -0.2) is 9.37 Å². The maximum atomic E-state index is 12.8. The predicted molar refractivity (Wildman–Crippen MR) is 84.6 cm³/mol. The highest BCUT2D eigenvalue weighted by Gasteiger charge is 2.09. The van der Waals surface area contributed by atoms with Crippen molar-refractivity contribution in [3.63, 3.8) is 0 Å². The molecule has 0 bridgehead atoms. The molecule has 0 aliphatic rings. The lowest BCUT2D eigenvalue weighted by atomic mass is 10.2. The molecule has 1 aromatic carbocycles. The van der Waals surface area contributed by atoms with E-state index < -0.39 is 0 Å². The molecule has 0 atom stereocenters. The van der Waals surface area contributed by atoms with Gasteiger partial charge in [-0.3, -0.25) is 4.79 Å². The van der Waals surface area contributed by atoms with Crippen LogP contribution in [0.15, 0.2) is 65.4 Å². The Morgan fingerprint density at radius 2 is 1.96 bits per heavy atom. The molecule has 0 saturated carbocycles. The number of halogens is 1. The maximum absolute atomic E-state index is 12.8. The number of hydrogen-bond acceptors (Lipinski definition) is 4. The number of furan rings is 1. The van der Waals surface area contributed by atoms with E-state index in [-0.39, 0.29) is 17.5 Å². The summed E-state index contributed by atoms with van der Waals surface area (Å²) in [7, 11) is 0. The third kappa shape index (κ3) is 3.94. The van der Waals surface area contributed by atoms with Crippen molar-refractivity contribution < 1.29 is 13.6 Å². The lowest BCUT2D eigenvalue weighted by molar-refractivity contribution is 0.0996. The minimum Gasteiger partial charge on any atom is -0.459 e. The van der Waals surface area contributed by atoms with Crippen LogP contribution in [0.2, 0.25) is 0 Å². The molecule has 0 unspecified atom stereocenters. The molecule has 0 aliphatic carbocycles. The van der Waals surface area contributed by atoms with Crippen molar-refractivity contribution in [1.82, 2.24) is 4.98 Å². The third-order valence-corrected chi connectivity index (χ3v) is 3.16. The van der Waals surface area contributed by atoms with Gasteiger partial charge >= 0.3 is 0 Å². The first-order chi connectivity index (χ1) is 11.2. The number of carbonyl (C=O) groups excluding carboxylic acids is 1. The first-order valence-electron chi connectivity index (χ1n) is 7.00. The number of amides is 1. The summed E-state index contributed by atoms with van der Waals surface area (Å²) in [6.45, 7) is 0.556. The van der Waals surface area contributed by atoms with Crippen molar-refractivity contribution in [3.8, 4) is 0 Å². The zero-order chi connectivity index (χ0) is 16.1. The van der Waals surface area contributed by atoms with Gasteiger partial charge in [0, 0.05) is 6.54 Å². The highest BCUT2D eigenvalue weighted by Crippen LogP contribution is 2.13. The van der Waals surface area contributed by atoms with Gasteiger partial charge in [0.2, 0.25) is 0 Å². The van der Waals surface area contributed by atoms with Crippen LogP contribution < -0.4 is 10.6 Å². The second-order valence-electron chi connectivity index (χ2n) is 4.84. The molecular weight excluding hydrogens is 297 g/mol. The second kappa shape index (κ2) is 6.74. The fourth-order valence-electron chi connectivity index (χ4n) is 1.96. The topological polar surface area (TPSA) is 67.2 Å². The highest BCUT2D eigenvalue weighted by molar-refractivity contribution is 6.01. The van der Waals surface area contributed by atoms with Gasteiger partial charge in [-0.1, -0.05) is 12.1 Å². The van der Waals surface area contributed by atoms with Gasteiger partial charge in [-0.2, -0.15) is 0 Å². The molecule has 0 aliphatic heterocycles. The van der Waals surface area contributed by atoms with Crippen molar-refractivity contribution in [2.24, 2.45) is 0 Å². The summed E-state index contributed by atoms with van der Waals surface area (Å²) < 4.78 is 17.8. The standard InChI is InChI=1S/C17H14FN3O2/c18-13-5-3-12(4-6-13)10-19-14-7-8-16(20-11-14)21-17(22)15-2-1-9-23-15/h1-9,11,19H,10H2,(H,20,21,22). The molecule has 3 rings (SSSR count). The molecule has 5 nitrogen and oxygen atoms in total. The number of nitrogens with zero attached hydrogens (tertiary/aromatic N) is 1. The second-order valence-corrected chi connectivity index (χ2v) is 4.84.